The molecule has 0 bridgehead atoms. The second-order valence-electron chi connectivity index (χ2n) is 4.21. The molecule has 110 valence electrons. The molecular formula is C15H12F3NO2. The van der Waals surface area contributed by atoms with Gasteiger partial charge in [0, 0.05) is 11.8 Å². The zero-order valence-corrected chi connectivity index (χ0v) is 10.9. The molecule has 21 heavy (non-hydrogen) atoms. The average Bonchev–Trinajstić information content (AvgIpc) is 2.45. The zero-order chi connectivity index (χ0) is 15.2. The summed E-state index contributed by atoms with van der Waals surface area (Å²) < 4.78 is 44.0. The van der Waals surface area contributed by atoms with E-state index in [1.54, 1.807) is 6.07 Å². The molecule has 0 aliphatic heterocycles. The molecule has 0 saturated heterocycles. The van der Waals surface area contributed by atoms with Crippen LogP contribution in [0.25, 0.3) is 0 Å². The Morgan fingerprint density at radius 3 is 2.48 bits per heavy atom. The molecule has 0 saturated carbocycles. The number of anilines is 1. The first-order valence-electron chi connectivity index (χ1n) is 6.18. The molecular weight excluding hydrogens is 283 g/mol. The van der Waals surface area contributed by atoms with Crippen LogP contribution in [0, 0.1) is 17.5 Å². The van der Waals surface area contributed by atoms with Crippen molar-refractivity contribution in [3.63, 3.8) is 0 Å². The van der Waals surface area contributed by atoms with Gasteiger partial charge in [0.1, 0.15) is 0 Å². The van der Waals surface area contributed by atoms with Crippen LogP contribution in [0.15, 0.2) is 42.5 Å². The van der Waals surface area contributed by atoms with Crippen LogP contribution in [-0.2, 0) is 4.79 Å². The van der Waals surface area contributed by atoms with Gasteiger partial charge >= 0.3 is 0 Å². The number of benzene rings is 2. The number of para-hydroxylation sites is 1. The van der Waals surface area contributed by atoms with E-state index in [9.17, 15) is 18.0 Å². The Morgan fingerprint density at radius 1 is 1.00 bits per heavy atom. The van der Waals surface area contributed by atoms with E-state index in [4.69, 9.17) is 4.74 Å². The highest BCUT2D eigenvalue weighted by Crippen LogP contribution is 2.16. The van der Waals surface area contributed by atoms with E-state index in [-0.39, 0.29) is 24.5 Å². The normalized spacial score (nSPS) is 10.2. The number of ether oxygens (including phenoxy) is 1. The molecule has 0 radical (unpaired) electrons. The minimum atomic E-state index is -1.05. The van der Waals surface area contributed by atoms with E-state index in [2.05, 4.69) is 5.32 Å². The lowest BCUT2D eigenvalue weighted by atomic mass is 10.3. The van der Waals surface area contributed by atoms with Crippen LogP contribution >= 0.6 is 0 Å². The largest absolute Gasteiger partial charge is 0.490 e. The minimum Gasteiger partial charge on any atom is -0.490 e. The van der Waals surface area contributed by atoms with Crippen molar-refractivity contribution in [3.8, 4) is 5.75 Å². The minimum absolute atomic E-state index is 0.0313. The number of rotatable bonds is 5. The summed E-state index contributed by atoms with van der Waals surface area (Å²) in [7, 11) is 0. The fraction of sp³-hybridized carbons (Fsp3) is 0.133. The Balaban J connectivity index is 1.82. The topological polar surface area (TPSA) is 38.3 Å². The summed E-state index contributed by atoms with van der Waals surface area (Å²) in [6, 6.07) is 8.87. The van der Waals surface area contributed by atoms with Crippen molar-refractivity contribution < 1.29 is 22.7 Å². The molecule has 1 amide bonds. The number of halogens is 3. The maximum atomic E-state index is 13.2. The molecule has 0 aliphatic rings. The highest BCUT2D eigenvalue weighted by Gasteiger charge is 2.07. The van der Waals surface area contributed by atoms with Gasteiger partial charge in [0.2, 0.25) is 5.91 Å². The van der Waals surface area contributed by atoms with E-state index < -0.39 is 23.4 Å². The number of hydrogen-bond donors (Lipinski definition) is 1. The van der Waals surface area contributed by atoms with Crippen molar-refractivity contribution in [1.82, 2.24) is 0 Å². The summed E-state index contributed by atoms with van der Waals surface area (Å²) in [6.45, 7) is -0.0313. The summed E-state index contributed by atoms with van der Waals surface area (Å²) in [6.07, 6.45) is -0.0483. The van der Waals surface area contributed by atoms with Gasteiger partial charge in [-0.15, -0.1) is 0 Å². The maximum Gasteiger partial charge on any atom is 0.227 e. The standard InChI is InChI=1S/C15H12F3NO2/c16-11-6-5-10(9-13(11)18)19-15(20)7-8-21-14-4-2-1-3-12(14)17/h1-6,9H,7-8H2,(H,19,20). The van der Waals surface area contributed by atoms with Crippen LogP contribution in [0.1, 0.15) is 6.42 Å². The Bertz CT molecular complexity index is 647. The smallest absolute Gasteiger partial charge is 0.227 e. The van der Waals surface area contributed by atoms with Gasteiger partial charge in [-0.05, 0) is 24.3 Å². The van der Waals surface area contributed by atoms with Crippen LogP contribution in [0.4, 0.5) is 18.9 Å². The maximum absolute atomic E-state index is 13.2. The average molecular weight is 295 g/mol. The molecule has 0 unspecified atom stereocenters. The van der Waals surface area contributed by atoms with Crippen molar-refractivity contribution in [1.29, 1.82) is 0 Å². The molecule has 0 heterocycles. The third kappa shape index (κ3) is 4.24. The molecule has 0 atom stereocenters. The van der Waals surface area contributed by atoms with Crippen molar-refractivity contribution in [2.75, 3.05) is 11.9 Å². The number of carbonyl (C=O) groups is 1. The monoisotopic (exact) mass is 295 g/mol. The lowest BCUT2D eigenvalue weighted by Gasteiger charge is -2.08. The molecule has 1 N–H and O–H groups in total. The fourth-order valence-electron chi connectivity index (χ4n) is 1.61. The van der Waals surface area contributed by atoms with Gasteiger partial charge < -0.3 is 10.1 Å². The van der Waals surface area contributed by atoms with Gasteiger partial charge in [-0.25, -0.2) is 13.2 Å². The van der Waals surface area contributed by atoms with Crippen molar-refractivity contribution in [2.45, 2.75) is 6.42 Å². The highest BCUT2D eigenvalue weighted by atomic mass is 19.2. The summed E-state index contributed by atoms with van der Waals surface area (Å²) in [5, 5.41) is 2.39. The number of carbonyl (C=O) groups excluding carboxylic acids is 1. The van der Waals surface area contributed by atoms with Gasteiger partial charge in [0.05, 0.1) is 13.0 Å². The fourth-order valence-corrected chi connectivity index (χ4v) is 1.61. The van der Waals surface area contributed by atoms with Gasteiger partial charge in [-0.2, -0.15) is 0 Å². The van der Waals surface area contributed by atoms with Gasteiger partial charge in [0.15, 0.2) is 23.2 Å². The predicted octanol–water partition coefficient (Wildman–Crippen LogP) is 3.51. The van der Waals surface area contributed by atoms with Crippen molar-refractivity contribution >= 4 is 11.6 Å². The quantitative estimate of drug-likeness (QED) is 0.916. The molecule has 0 fully saturated rings. The molecule has 0 aliphatic carbocycles. The van der Waals surface area contributed by atoms with Crippen LogP contribution in [0.5, 0.6) is 5.75 Å². The second-order valence-corrected chi connectivity index (χ2v) is 4.21. The van der Waals surface area contributed by atoms with E-state index in [0.717, 1.165) is 12.1 Å². The number of amides is 1. The van der Waals surface area contributed by atoms with Gasteiger partial charge in [0.25, 0.3) is 0 Å². The van der Waals surface area contributed by atoms with Crippen LogP contribution in [-0.4, -0.2) is 12.5 Å². The third-order valence-corrected chi connectivity index (χ3v) is 2.63. The first-order valence-corrected chi connectivity index (χ1v) is 6.18. The van der Waals surface area contributed by atoms with Gasteiger partial charge in [-0.1, -0.05) is 12.1 Å². The molecule has 0 aromatic heterocycles. The van der Waals surface area contributed by atoms with Gasteiger partial charge in [-0.3, -0.25) is 4.79 Å². The summed E-state index contributed by atoms with van der Waals surface area (Å²) in [5.74, 6) is -2.94. The summed E-state index contributed by atoms with van der Waals surface area (Å²) in [5.41, 5.74) is 0.143. The first-order chi connectivity index (χ1) is 10.1. The zero-order valence-electron chi connectivity index (χ0n) is 10.9. The van der Waals surface area contributed by atoms with E-state index in [1.807, 2.05) is 0 Å². The molecule has 2 aromatic rings. The second kappa shape index (κ2) is 6.78. The Hall–Kier alpha value is -2.50. The first kappa shape index (κ1) is 14.9. The lowest BCUT2D eigenvalue weighted by Crippen LogP contribution is -2.15. The number of hydrogen-bond acceptors (Lipinski definition) is 2. The Labute approximate surface area is 119 Å². The molecule has 2 rings (SSSR count). The molecule has 2 aromatic carbocycles. The van der Waals surface area contributed by atoms with Crippen LogP contribution < -0.4 is 10.1 Å². The third-order valence-electron chi connectivity index (χ3n) is 2.63. The molecule has 6 heteroatoms. The Morgan fingerprint density at radius 2 is 1.76 bits per heavy atom. The summed E-state index contributed by atoms with van der Waals surface area (Å²) >= 11 is 0. The highest BCUT2D eigenvalue weighted by molar-refractivity contribution is 5.90. The van der Waals surface area contributed by atoms with E-state index >= 15 is 0 Å². The van der Waals surface area contributed by atoms with E-state index in [0.29, 0.717) is 0 Å². The SMILES string of the molecule is O=C(CCOc1ccccc1F)Nc1ccc(F)c(F)c1. The summed E-state index contributed by atoms with van der Waals surface area (Å²) in [4.78, 5) is 11.6. The van der Waals surface area contributed by atoms with E-state index in [1.165, 1.54) is 24.3 Å². The Kier molecular flexibility index (Phi) is 4.81. The van der Waals surface area contributed by atoms with Crippen LogP contribution in [0.3, 0.4) is 0 Å². The molecule has 0 spiro atoms. The van der Waals surface area contributed by atoms with Crippen molar-refractivity contribution in [3.05, 3.63) is 59.9 Å². The lowest BCUT2D eigenvalue weighted by molar-refractivity contribution is -0.116. The molecule has 3 nitrogen and oxygen atoms in total. The van der Waals surface area contributed by atoms with Crippen LogP contribution in [0.2, 0.25) is 0 Å². The number of nitrogens with one attached hydrogen (secondary N) is 1. The predicted molar refractivity (Wildman–Crippen MR) is 71.5 cm³/mol. The van der Waals surface area contributed by atoms with Crippen molar-refractivity contribution in [2.24, 2.45) is 0 Å².